The van der Waals surface area contributed by atoms with E-state index in [4.69, 9.17) is 4.74 Å². The van der Waals surface area contributed by atoms with Crippen LogP contribution in [0.3, 0.4) is 0 Å². The number of methoxy groups -OCH3 is 1. The number of ether oxygens (including phenoxy) is 1. The van der Waals surface area contributed by atoms with Crippen LogP contribution in [0, 0.1) is 12.7 Å². The lowest BCUT2D eigenvalue weighted by molar-refractivity contribution is 0.0965. The van der Waals surface area contributed by atoms with Crippen LogP contribution in [0.4, 0.5) is 9.18 Å². The number of pyridine rings is 1. The first kappa shape index (κ1) is 23.9. The van der Waals surface area contributed by atoms with Gasteiger partial charge in [-0.15, -0.1) is 0 Å². The van der Waals surface area contributed by atoms with Crippen molar-refractivity contribution in [2.75, 3.05) is 13.7 Å². The summed E-state index contributed by atoms with van der Waals surface area (Å²) < 4.78 is 20.1. The van der Waals surface area contributed by atoms with Crippen molar-refractivity contribution in [2.24, 2.45) is 0 Å². The van der Waals surface area contributed by atoms with E-state index in [0.717, 1.165) is 60.3 Å². The summed E-state index contributed by atoms with van der Waals surface area (Å²) in [6.45, 7) is 3.62. The molecule has 0 saturated carbocycles. The van der Waals surface area contributed by atoms with Crippen LogP contribution in [-0.4, -0.2) is 62.8 Å². The van der Waals surface area contributed by atoms with Crippen LogP contribution < -0.4 is 10.1 Å². The van der Waals surface area contributed by atoms with Crippen molar-refractivity contribution in [3.05, 3.63) is 64.9 Å². The Morgan fingerprint density at radius 3 is 2.95 bits per heavy atom. The molecule has 2 saturated heterocycles. The minimum atomic E-state index is -0.241. The summed E-state index contributed by atoms with van der Waals surface area (Å²) in [5.74, 6) is 0.337. The van der Waals surface area contributed by atoms with E-state index in [2.05, 4.69) is 25.4 Å². The standard InChI is InChI=1S/C28H33FN6O2/c1-17-14-18(10-12-30-17)27-21-15-34(13-11-23(21)32-33-27)28(36)31-24-8-6-19-7-9-25(24)35(19)16-20-22(29)4-3-5-26(20)37-2/h3-5,10,12,14,19,24-25H,6-9,11,13,15-16H2,1-2H3,(H,31,36)(H,32,33)/t19-,24-,25-/m0/s1. The summed E-state index contributed by atoms with van der Waals surface area (Å²) in [6, 6.07) is 9.56. The maximum Gasteiger partial charge on any atom is 0.317 e. The highest BCUT2D eigenvalue weighted by molar-refractivity contribution is 5.76. The highest BCUT2D eigenvalue weighted by Gasteiger charge is 2.43. The maximum absolute atomic E-state index is 14.7. The molecule has 0 aliphatic carbocycles. The molecular weight excluding hydrogens is 471 g/mol. The molecule has 2 aromatic heterocycles. The molecule has 2 bridgehead atoms. The molecule has 5 heterocycles. The number of rotatable bonds is 5. The summed E-state index contributed by atoms with van der Waals surface area (Å²) in [6.07, 6.45) is 6.55. The minimum Gasteiger partial charge on any atom is -0.496 e. The van der Waals surface area contributed by atoms with E-state index in [1.54, 1.807) is 19.4 Å². The second-order valence-corrected chi connectivity index (χ2v) is 10.4. The second-order valence-electron chi connectivity index (χ2n) is 10.4. The minimum absolute atomic E-state index is 0.0390. The number of H-pyrrole nitrogens is 1. The van der Waals surface area contributed by atoms with Crippen LogP contribution in [0.2, 0.25) is 0 Å². The van der Waals surface area contributed by atoms with E-state index in [0.29, 0.717) is 37.0 Å². The molecule has 6 rings (SSSR count). The number of nitrogens with one attached hydrogen (secondary N) is 2. The van der Waals surface area contributed by atoms with Gasteiger partial charge in [0, 0.05) is 71.9 Å². The number of carbonyl (C=O) groups is 1. The zero-order valence-electron chi connectivity index (χ0n) is 21.3. The predicted molar refractivity (Wildman–Crippen MR) is 138 cm³/mol. The van der Waals surface area contributed by atoms with Gasteiger partial charge in [-0.05, 0) is 56.9 Å². The van der Waals surface area contributed by atoms with Gasteiger partial charge in [0.15, 0.2) is 0 Å². The molecule has 9 heteroatoms. The average molecular weight is 505 g/mol. The van der Waals surface area contributed by atoms with Gasteiger partial charge in [-0.1, -0.05) is 6.07 Å². The third-order valence-electron chi connectivity index (χ3n) is 8.30. The Balaban J connectivity index is 1.16. The number of nitrogens with zero attached hydrogens (tertiary/aromatic N) is 4. The van der Waals surface area contributed by atoms with Crippen LogP contribution in [0.1, 0.15) is 48.2 Å². The molecule has 0 unspecified atom stereocenters. The Hall–Kier alpha value is -3.46. The molecule has 194 valence electrons. The fraction of sp³-hybridized carbons (Fsp3) is 0.464. The molecule has 3 aromatic rings. The van der Waals surface area contributed by atoms with Gasteiger partial charge in [0.05, 0.1) is 19.3 Å². The van der Waals surface area contributed by atoms with Crippen LogP contribution >= 0.6 is 0 Å². The summed E-state index contributed by atoms with van der Waals surface area (Å²) in [4.78, 5) is 22.0. The number of fused-ring (bicyclic) bond motifs is 3. The van der Waals surface area contributed by atoms with Crippen molar-refractivity contribution in [2.45, 2.75) is 70.2 Å². The molecule has 2 amide bonds. The van der Waals surface area contributed by atoms with Crippen molar-refractivity contribution in [1.82, 2.24) is 30.3 Å². The number of amides is 2. The average Bonchev–Trinajstić information content (AvgIpc) is 3.45. The van der Waals surface area contributed by atoms with Gasteiger partial charge in [0.2, 0.25) is 0 Å². The summed E-state index contributed by atoms with van der Waals surface area (Å²) in [7, 11) is 1.58. The molecule has 0 radical (unpaired) electrons. The normalized spacial score (nSPS) is 23.1. The fourth-order valence-electron chi connectivity index (χ4n) is 6.40. The maximum atomic E-state index is 14.7. The number of hydrogen-bond donors (Lipinski definition) is 2. The van der Waals surface area contributed by atoms with Crippen LogP contribution in [-0.2, 0) is 19.5 Å². The molecule has 3 atom stereocenters. The third-order valence-corrected chi connectivity index (χ3v) is 8.30. The molecule has 0 spiro atoms. The monoisotopic (exact) mass is 504 g/mol. The van der Waals surface area contributed by atoms with Crippen molar-refractivity contribution < 1.29 is 13.9 Å². The van der Waals surface area contributed by atoms with Crippen molar-refractivity contribution in [3.63, 3.8) is 0 Å². The van der Waals surface area contributed by atoms with E-state index in [1.165, 1.54) is 6.07 Å². The number of aromatic amines is 1. The Morgan fingerprint density at radius 2 is 2.11 bits per heavy atom. The Morgan fingerprint density at radius 1 is 1.24 bits per heavy atom. The fourth-order valence-corrected chi connectivity index (χ4v) is 6.40. The van der Waals surface area contributed by atoms with Crippen molar-refractivity contribution in [3.8, 4) is 17.0 Å². The predicted octanol–water partition coefficient (Wildman–Crippen LogP) is 4.19. The first-order valence-electron chi connectivity index (χ1n) is 13.1. The summed E-state index contributed by atoms with van der Waals surface area (Å²) >= 11 is 0. The molecule has 2 N–H and O–H groups in total. The highest BCUT2D eigenvalue weighted by atomic mass is 19.1. The van der Waals surface area contributed by atoms with E-state index in [9.17, 15) is 9.18 Å². The van der Waals surface area contributed by atoms with Gasteiger partial charge < -0.3 is 15.0 Å². The van der Waals surface area contributed by atoms with E-state index in [1.807, 2.05) is 30.0 Å². The van der Waals surface area contributed by atoms with Gasteiger partial charge in [0.25, 0.3) is 0 Å². The number of urea groups is 1. The van der Waals surface area contributed by atoms with E-state index < -0.39 is 0 Å². The number of carbonyl (C=O) groups excluding carboxylic acids is 1. The van der Waals surface area contributed by atoms with Gasteiger partial charge in [0.1, 0.15) is 11.6 Å². The lowest BCUT2D eigenvalue weighted by Gasteiger charge is -2.41. The smallest absolute Gasteiger partial charge is 0.317 e. The van der Waals surface area contributed by atoms with Crippen LogP contribution in [0.15, 0.2) is 36.5 Å². The second kappa shape index (κ2) is 9.78. The SMILES string of the molecule is COc1cccc(F)c1CN1[C@H]2CC[C@H](NC(=O)N3CCc4[nH]nc(-c5ccnc(C)c5)c4C3)[C@@H]1CC2. The Labute approximate surface area is 216 Å². The molecule has 8 nitrogen and oxygen atoms in total. The zero-order chi connectivity index (χ0) is 25.5. The lowest BCUT2D eigenvalue weighted by atomic mass is 9.96. The first-order chi connectivity index (χ1) is 18.0. The number of piperidine rings is 1. The van der Waals surface area contributed by atoms with Crippen molar-refractivity contribution >= 4 is 6.03 Å². The molecule has 3 aliphatic rings. The zero-order valence-corrected chi connectivity index (χ0v) is 21.3. The molecule has 37 heavy (non-hydrogen) atoms. The largest absolute Gasteiger partial charge is 0.496 e. The topological polar surface area (TPSA) is 86.4 Å². The van der Waals surface area contributed by atoms with E-state index in [-0.39, 0.29) is 23.9 Å². The lowest BCUT2D eigenvalue weighted by Crippen LogP contribution is -2.56. The van der Waals surface area contributed by atoms with Gasteiger partial charge in [-0.25, -0.2) is 9.18 Å². The number of hydrogen-bond acceptors (Lipinski definition) is 5. The van der Waals surface area contributed by atoms with Crippen LogP contribution in [0.25, 0.3) is 11.3 Å². The molecular formula is C28H33FN6O2. The number of benzene rings is 1. The van der Waals surface area contributed by atoms with Gasteiger partial charge in [-0.2, -0.15) is 5.10 Å². The van der Waals surface area contributed by atoms with Gasteiger partial charge in [-0.3, -0.25) is 15.0 Å². The number of halogens is 1. The van der Waals surface area contributed by atoms with Crippen LogP contribution in [0.5, 0.6) is 5.75 Å². The Bertz CT molecular complexity index is 1310. The Kier molecular flexibility index (Phi) is 6.32. The number of aryl methyl sites for hydroxylation is 1. The van der Waals surface area contributed by atoms with Gasteiger partial charge >= 0.3 is 6.03 Å². The molecule has 1 aromatic carbocycles. The summed E-state index contributed by atoms with van der Waals surface area (Å²) in [5, 5.41) is 11.1. The number of aromatic nitrogens is 3. The van der Waals surface area contributed by atoms with E-state index >= 15 is 0 Å². The first-order valence-corrected chi connectivity index (χ1v) is 13.1. The van der Waals surface area contributed by atoms with Crippen molar-refractivity contribution in [1.29, 1.82) is 0 Å². The highest BCUT2D eigenvalue weighted by Crippen LogP contribution is 2.38. The third kappa shape index (κ3) is 4.45. The molecule has 3 aliphatic heterocycles. The summed E-state index contributed by atoms with van der Waals surface area (Å²) in [5.41, 5.74) is 5.59. The molecule has 2 fully saturated rings. The quantitative estimate of drug-likeness (QED) is 0.544.